The van der Waals surface area contributed by atoms with E-state index < -0.39 is 0 Å². The molecule has 12 atom stereocenters. The second kappa shape index (κ2) is 40.6. The maximum Gasteiger partial charge on any atom is 0.322 e. The maximum absolute atomic E-state index is 13.2. The van der Waals surface area contributed by atoms with Gasteiger partial charge in [-0.25, -0.2) is 14.0 Å². The molecule has 133 heavy (non-hydrogen) atoms. The Bertz CT molecular complexity index is 6010. The van der Waals surface area contributed by atoms with Gasteiger partial charge in [0.25, 0.3) is 5.91 Å². The molecule has 9 aliphatic rings. The maximum atomic E-state index is 13.2. The van der Waals surface area contributed by atoms with Gasteiger partial charge in [0.15, 0.2) is 0 Å². The molecule has 0 radical (unpaired) electrons. The third-order valence-corrected chi connectivity index (χ3v) is 28.3. The van der Waals surface area contributed by atoms with Crippen molar-refractivity contribution in [1.82, 2.24) is 54.5 Å². The molecule has 0 spiro atoms. The summed E-state index contributed by atoms with van der Waals surface area (Å²) in [6.45, 7) is 11.3. The fraction of sp³-hybridized carbons (Fsp3) is 0.333. The number of aryl methyl sites for hydroxylation is 4. The molecule has 20 rings (SSSR count). The van der Waals surface area contributed by atoms with Gasteiger partial charge in [0.2, 0.25) is 29.5 Å². The van der Waals surface area contributed by atoms with Crippen molar-refractivity contribution < 1.29 is 62.4 Å². The molecular weight excluding hydrogens is 1680 g/mol. The number of aliphatic hydroxyl groups is 2. The van der Waals surface area contributed by atoms with Crippen LogP contribution in [0.25, 0.3) is 44.5 Å². The lowest BCUT2D eigenvalue weighted by atomic mass is 9.73. The Morgan fingerprint density at radius 2 is 0.767 bits per heavy atom. The van der Waals surface area contributed by atoms with Crippen LogP contribution in [-0.4, -0.2) is 254 Å². The molecule has 0 unspecified atom stereocenters. The zero-order valence-corrected chi connectivity index (χ0v) is 75.8. The smallest absolute Gasteiger partial charge is 0.322 e. The van der Waals surface area contributed by atoms with Gasteiger partial charge < -0.3 is 69.5 Å². The van der Waals surface area contributed by atoms with E-state index in [1.54, 1.807) is 63.2 Å². The summed E-state index contributed by atoms with van der Waals surface area (Å²) in [7, 11) is 3.32. The first-order valence-electron chi connectivity index (χ1n) is 46.0. The molecule has 8 saturated heterocycles. The molecule has 11 aromatic rings. The molecule has 24 nitrogen and oxygen atoms in total. The number of urea groups is 2. The number of halogens is 1. The third-order valence-electron chi connectivity index (χ3n) is 28.3. The van der Waals surface area contributed by atoms with E-state index in [0.717, 1.165) is 46.2 Å². The highest BCUT2D eigenvalue weighted by molar-refractivity contribution is 5.98. The van der Waals surface area contributed by atoms with E-state index in [2.05, 4.69) is 206 Å². The lowest BCUT2D eigenvalue weighted by molar-refractivity contribution is -0.166. The molecule has 1 saturated carbocycles. The van der Waals surface area contributed by atoms with Gasteiger partial charge >= 0.3 is 12.1 Å². The SMILES string of the molecule is COC[C@@H]1[C@H](c2ccc(-c3ccccc3C)cc2)[C@H]2CN(C(=O)Nc3ccc(F)cc3)CC(=O)N12.COC[C@H]1[C@H](c2ccc(-c3ccccc3C)cc2)[C@@H]2CN(C(=O)NC3CCCC3)CC(=O)N12.Cc1ccccc1-c1ccc([C@@H]2[C@@H](CO)N3C(=O)CN(C(=O)Cc4ccccn4)C[C@@H]23)cc1.Cc1ccccc1-c1ccc([C@@H]2[C@H]3CN(C(=O)c4cccnc4)CC(=O)N3[C@H]2CO)cc1. The number of amides is 10. The average Bonchev–Trinajstić information content (AvgIpc) is 0.887. The van der Waals surface area contributed by atoms with Crippen LogP contribution in [-0.2, 0) is 39.9 Å². The van der Waals surface area contributed by atoms with Crippen molar-refractivity contribution in [3.8, 4) is 44.5 Å². The van der Waals surface area contributed by atoms with E-state index in [4.69, 9.17) is 9.47 Å². The van der Waals surface area contributed by atoms with Crippen molar-refractivity contribution >= 4 is 53.2 Å². The number of carbonyl (C=O) groups excluding carboxylic acids is 8. The lowest BCUT2D eigenvalue weighted by Gasteiger charge is -2.59. The number of aliphatic hydroxyl groups excluding tert-OH is 2. The largest absolute Gasteiger partial charge is 0.394 e. The number of aromatic nitrogens is 2. The van der Waals surface area contributed by atoms with Gasteiger partial charge in [-0.15, -0.1) is 0 Å². The number of piperazine rings is 4. The Balaban J connectivity index is 0.000000124. The zero-order valence-electron chi connectivity index (χ0n) is 75.8. The zero-order chi connectivity index (χ0) is 92.7. The Morgan fingerprint density at radius 1 is 0.406 bits per heavy atom. The number of fused-ring (bicyclic) bond motifs is 4. The first kappa shape index (κ1) is 91.3. The Morgan fingerprint density at radius 3 is 1.14 bits per heavy atom. The highest BCUT2D eigenvalue weighted by Crippen LogP contribution is 2.49. The molecule has 2 aromatic heterocycles. The van der Waals surface area contributed by atoms with E-state index in [0.29, 0.717) is 56.3 Å². The topological polar surface area (TPSA) is 271 Å². The van der Waals surface area contributed by atoms with Crippen LogP contribution in [0.4, 0.5) is 19.7 Å². The molecule has 4 N–H and O–H groups in total. The average molecular weight is 1790 g/mol. The second-order valence-corrected chi connectivity index (χ2v) is 36.2. The van der Waals surface area contributed by atoms with Gasteiger partial charge in [-0.2, -0.15) is 0 Å². The second-order valence-electron chi connectivity index (χ2n) is 36.2. The number of anilines is 1. The summed E-state index contributed by atoms with van der Waals surface area (Å²) in [5.41, 5.74) is 20.4. The fourth-order valence-corrected chi connectivity index (χ4v) is 21.6. The molecule has 9 fully saturated rings. The van der Waals surface area contributed by atoms with Crippen LogP contribution < -0.4 is 10.6 Å². The van der Waals surface area contributed by atoms with Crippen LogP contribution in [0.1, 0.15) is 110 Å². The molecular formula is C108H113FN12O12. The monoisotopic (exact) mass is 1790 g/mol. The van der Waals surface area contributed by atoms with Crippen LogP contribution >= 0.6 is 0 Å². The van der Waals surface area contributed by atoms with Gasteiger partial charge in [0.05, 0.1) is 93.3 Å². The summed E-state index contributed by atoms with van der Waals surface area (Å²) in [5.74, 6) is -0.759. The van der Waals surface area contributed by atoms with E-state index in [-0.39, 0.29) is 177 Å². The molecule has 0 bridgehead atoms. The normalized spacial score (nSPS) is 22.7. The number of methoxy groups -OCH3 is 2. The van der Waals surface area contributed by atoms with Gasteiger partial charge in [0.1, 0.15) is 25.5 Å². The van der Waals surface area contributed by atoms with Gasteiger partial charge in [-0.1, -0.05) is 213 Å². The molecule has 1 aliphatic carbocycles. The Labute approximate surface area is 775 Å². The number of benzene rings is 9. The van der Waals surface area contributed by atoms with Crippen LogP contribution in [0, 0.1) is 33.5 Å². The summed E-state index contributed by atoms with van der Waals surface area (Å²) in [4.78, 5) is 125. The number of ether oxygens (including phenoxy) is 2. The van der Waals surface area contributed by atoms with Crippen molar-refractivity contribution in [2.24, 2.45) is 0 Å². The standard InChI is InChI=1S/C28H28FN3O3.C27H33N3O3.C27H27N3O3.C26H25N3O3/c1-18-5-3-4-6-23(18)19-7-9-20(10-8-19)27-24-15-31(16-26(33)32(24)25(27)17-35-2)28(34)30-22-13-11-21(29)12-14-22;1-18-7-3-6-10-22(18)19-11-13-20(14-12-19)26-23-15-29(27(32)28-21-8-4-5-9-21)16-25(31)30(23)24(26)17-33-2;1-18-6-2-3-8-22(18)19-9-11-20(12-10-19)27-23-15-29(16-26(33)30(23)24(27)17-31)25(32)14-21-7-4-5-13-28-21;1-17-5-2-3-7-21(17)18-8-10-19(11-9-18)25-22-14-28(15-24(31)29(22)23(25)16-30)26(32)20-6-4-12-27-13-20/h3-14,24-25,27H,15-17H2,1-2H3,(H,30,34);3,6-7,10-14,21,23-24,26H,4-5,8-9,15-17H2,1-2H3,(H,28,32);2-13,23-24,27,31H,14-17H2,1H3;2-13,22-23,25,30H,14-16H2,1H3/t24-,25-,27-;23-,24-,26+;23-,24+,27-;22-,23+,25-/m1001/s1. The van der Waals surface area contributed by atoms with E-state index in [9.17, 15) is 53.0 Å². The number of hydrogen-bond donors (Lipinski definition) is 4. The van der Waals surface area contributed by atoms with Gasteiger partial charge in [-0.3, -0.25) is 38.7 Å². The van der Waals surface area contributed by atoms with Crippen molar-refractivity contribution in [1.29, 1.82) is 0 Å². The summed E-state index contributed by atoms with van der Waals surface area (Å²) in [6.07, 6.45) is 9.40. The minimum atomic E-state index is -0.373. The van der Waals surface area contributed by atoms with Crippen LogP contribution in [0.2, 0.25) is 0 Å². The van der Waals surface area contributed by atoms with E-state index in [1.807, 2.05) is 64.4 Å². The Kier molecular flexibility index (Phi) is 27.9. The minimum Gasteiger partial charge on any atom is -0.394 e. The number of nitrogens with zero attached hydrogens (tertiary/aromatic N) is 10. The lowest BCUT2D eigenvalue weighted by Crippen LogP contribution is -2.74. The highest BCUT2D eigenvalue weighted by atomic mass is 19.1. The van der Waals surface area contributed by atoms with Crippen LogP contribution in [0.3, 0.4) is 0 Å². The number of nitrogens with one attached hydrogen (secondary N) is 2. The predicted octanol–water partition coefficient (Wildman–Crippen LogP) is 14.3. The molecule has 25 heteroatoms. The number of hydrogen-bond acceptors (Lipinski definition) is 14. The van der Waals surface area contributed by atoms with Gasteiger partial charge in [-0.05, 0) is 178 Å². The molecule has 8 aliphatic heterocycles. The Hall–Kier alpha value is -13.6. The van der Waals surface area contributed by atoms with Crippen molar-refractivity contribution in [3.63, 3.8) is 0 Å². The molecule has 9 aromatic carbocycles. The summed E-state index contributed by atoms with van der Waals surface area (Å²) in [5, 5.41) is 26.0. The molecule has 10 heterocycles. The first-order chi connectivity index (χ1) is 64.7. The number of carbonyl (C=O) groups is 8. The van der Waals surface area contributed by atoms with Crippen LogP contribution in [0.15, 0.2) is 267 Å². The van der Waals surface area contributed by atoms with Gasteiger partial charge in [0, 0.05) is 100 Å². The fourth-order valence-electron chi connectivity index (χ4n) is 21.6. The summed E-state index contributed by atoms with van der Waals surface area (Å²) < 4.78 is 24.1. The third kappa shape index (κ3) is 19.2. The molecule has 10 amide bonds. The van der Waals surface area contributed by atoms with Crippen molar-refractivity contribution in [2.75, 3.05) is 98.3 Å². The van der Waals surface area contributed by atoms with Crippen LogP contribution in [0.5, 0.6) is 0 Å². The predicted molar refractivity (Wildman–Crippen MR) is 507 cm³/mol. The summed E-state index contributed by atoms with van der Waals surface area (Å²) >= 11 is 0. The molecule has 684 valence electrons. The number of rotatable bonds is 19. The van der Waals surface area contributed by atoms with Crippen molar-refractivity contribution in [2.45, 2.75) is 138 Å². The number of pyridine rings is 2. The quantitative estimate of drug-likeness (QED) is 0.0586. The van der Waals surface area contributed by atoms with E-state index >= 15 is 0 Å². The highest BCUT2D eigenvalue weighted by Gasteiger charge is 2.59. The van der Waals surface area contributed by atoms with E-state index in [1.165, 1.54) is 104 Å². The van der Waals surface area contributed by atoms with Crippen molar-refractivity contribution in [3.05, 3.63) is 329 Å². The first-order valence-corrected chi connectivity index (χ1v) is 46.0. The summed E-state index contributed by atoms with van der Waals surface area (Å²) in [6, 6.07) is 80.4. The minimum absolute atomic E-state index is 0.00266.